The predicted octanol–water partition coefficient (Wildman–Crippen LogP) is 0.972. The van der Waals surface area contributed by atoms with Crippen LogP contribution in [0.1, 0.15) is 12.8 Å². The molecule has 0 aliphatic carbocycles. The Kier molecular flexibility index (Phi) is 2.53. The van der Waals surface area contributed by atoms with Crippen molar-refractivity contribution in [3.8, 4) is 6.19 Å². The predicted molar refractivity (Wildman–Crippen MR) is 40.6 cm³/mol. The fourth-order valence-corrected chi connectivity index (χ4v) is 0.987. The van der Waals surface area contributed by atoms with Crippen molar-refractivity contribution in [2.24, 2.45) is 0 Å². The highest BCUT2D eigenvalue weighted by atomic mass is 16.4. The van der Waals surface area contributed by atoms with Gasteiger partial charge in [0, 0.05) is 6.20 Å². The summed E-state index contributed by atoms with van der Waals surface area (Å²) in [5.41, 5.74) is 0. The van der Waals surface area contributed by atoms with Crippen LogP contribution in [0.15, 0.2) is 12.3 Å². The van der Waals surface area contributed by atoms with Crippen molar-refractivity contribution in [1.29, 1.82) is 5.26 Å². The van der Waals surface area contributed by atoms with E-state index in [1.165, 1.54) is 6.20 Å². The molecule has 0 aromatic rings. The normalized spacial score (nSPS) is 16.9. The molecule has 0 unspecified atom stereocenters. The summed E-state index contributed by atoms with van der Waals surface area (Å²) in [7, 11) is 0. The van der Waals surface area contributed by atoms with Gasteiger partial charge in [-0.25, -0.2) is 9.80 Å². The number of nitriles is 1. The number of nitrogens with zero attached hydrogens (tertiary/aromatic N) is 3. The van der Waals surface area contributed by atoms with Gasteiger partial charge < -0.3 is 5.11 Å². The molecule has 1 aliphatic heterocycles. The molecule has 0 saturated heterocycles. The van der Waals surface area contributed by atoms with Gasteiger partial charge in [0.25, 0.3) is 0 Å². The van der Waals surface area contributed by atoms with E-state index in [0.717, 1.165) is 22.9 Å². The second kappa shape index (κ2) is 3.62. The largest absolute Gasteiger partial charge is 0.463 e. The van der Waals surface area contributed by atoms with Crippen molar-refractivity contribution in [3.63, 3.8) is 0 Å². The molecule has 1 N–H and O–H groups in total. The van der Waals surface area contributed by atoms with Crippen molar-refractivity contribution in [1.82, 2.24) is 10.0 Å². The van der Waals surface area contributed by atoms with E-state index in [2.05, 4.69) is 0 Å². The fraction of sp³-hybridized carbons (Fsp3) is 0.429. The standard InChI is InChI=1S/C7H9N3O2/c8-6-9-4-2-1-3-5-10(9)7(11)12/h3,5H,1-2,4H2,(H,11,12). The average Bonchev–Trinajstić information content (AvgIpc) is 2.27. The summed E-state index contributed by atoms with van der Waals surface area (Å²) in [6.45, 7) is 0.454. The second-order valence-electron chi connectivity index (χ2n) is 2.38. The number of rotatable bonds is 0. The Labute approximate surface area is 70.1 Å². The highest BCUT2D eigenvalue weighted by molar-refractivity contribution is 5.65. The molecule has 1 aliphatic rings. The number of amides is 1. The summed E-state index contributed by atoms with van der Waals surface area (Å²) >= 11 is 0. The van der Waals surface area contributed by atoms with Crippen LogP contribution in [0.5, 0.6) is 0 Å². The Bertz CT molecular complexity index is 244. The molecular weight excluding hydrogens is 158 g/mol. The zero-order chi connectivity index (χ0) is 8.97. The lowest BCUT2D eigenvalue weighted by Crippen LogP contribution is -2.38. The Morgan fingerprint density at radius 3 is 3.00 bits per heavy atom. The molecule has 1 heterocycles. The number of carboxylic acid groups (broad SMARTS) is 1. The van der Waals surface area contributed by atoms with Gasteiger partial charge in [0.05, 0.1) is 6.54 Å². The van der Waals surface area contributed by atoms with Gasteiger partial charge in [-0.1, -0.05) is 6.08 Å². The van der Waals surface area contributed by atoms with E-state index in [0.29, 0.717) is 6.54 Å². The third-order valence-electron chi connectivity index (χ3n) is 1.56. The lowest BCUT2D eigenvalue weighted by molar-refractivity contribution is 0.0756. The minimum absolute atomic E-state index is 0.454. The van der Waals surface area contributed by atoms with Crippen molar-refractivity contribution in [2.75, 3.05) is 6.54 Å². The molecule has 5 heteroatoms. The zero-order valence-corrected chi connectivity index (χ0v) is 6.47. The number of hydrogen-bond donors (Lipinski definition) is 1. The summed E-state index contributed by atoms with van der Waals surface area (Å²) in [5, 5.41) is 19.2. The molecule has 1 rings (SSSR count). The smallest absolute Gasteiger partial charge is 0.431 e. The topological polar surface area (TPSA) is 67.6 Å². The number of allylic oxidation sites excluding steroid dienone is 1. The van der Waals surface area contributed by atoms with Crippen molar-refractivity contribution in [2.45, 2.75) is 12.8 Å². The van der Waals surface area contributed by atoms with E-state index in [1.54, 1.807) is 12.3 Å². The van der Waals surface area contributed by atoms with E-state index in [1.807, 2.05) is 0 Å². The molecule has 5 nitrogen and oxygen atoms in total. The first-order valence-corrected chi connectivity index (χ1v) is 3.61. The first-order valence-electron chi connectivity index (χ1n) is 3.61. The zero-order valence-electron chi connectivity index (χ0n) is 6.47. The first-order chi connectivity index (χ1) is 5.75. The Morgan fingerprint density at radius 1 is 1.67 bits per heavy atom. The minimum atomic E-state index is -1.13. The van der Waals surface area contributed by atoms with E-state index in [9.17, 15) is 4.79 Å². The van der Waals surface area contributed by atoms with Crippen LogP contribution >= 0.6 is 0 Å². The van der Waals surface area contributed by atoms with E-state index in [-0.39, 0.29) is 0 Å². The highest BCUT2D eigenvalue weighted by Crippen LogP contribution is 2.07. The van der Waals surface area contributed by atoms with Crippen LogP contribution < -0.4 is 0 Å². The maximum absolute atomic E-state index is 10.6. The van der Waals surface area contributed by atoms with Gasteiger partial charge in [0.15, 0.2) is 0 Å². The van der Waals surface area contributed by atoms with Crippen LogP contribution in [0, 0.1) is 11.5 Å². The van der Waals surface area contributed by atoms with E-state index in [4.69, 9.17) is 10.4 Å². The lowest BCUT2D eigenvalue weighted by atomic mass is 10.3. The Balaban J connectivity index is 2.76. The van der Waals surface area contributed by atoms with Crippen LogP contribution in [-0.2, 0) is 0 Å². The maximum Gasteiger partial charge on any atom is 0.431 e. The van der Waals surface area contributed by atoms with Gasteiger partial charge in [-0.05, 0) is 12.8 Å². The van der Waals surface area contributed by atoms with Gasteiger partial charge in [0.1, 0.15) is 0 Å². The molecule has 0 spiro atoms. The molecule has 0 aromatic heterocycles. The molecule has 1 amide bonds. The summed E-state index contributed by atoms with van der Waals surface area (Å²) in [6.07, 6.45) is 5.42. The molecule has 0 bridgehead atoms. The molecule has 0 saturated carbocycles. The van der Waals surface area contributed by atoms with E-state index >= 15 is 0 Å². The van der Waals surface area contributed by atoms with Gasteiger partial charge in [-0.2, -0.15) is 10.3 Å². The van der Waals surface area contributed by atoms with Crippen molar-refractivity contribution < 1.29 is 9.90 Å². The summed E-state index contributed by atoms with van der Waals surface area (Å²) < 4.78 is 0. The molecular formula is C7H9N3O2. The maximum atomic E-state index is 10.6. The Morgan fingerprint density at radius 2 is 2.42 bits per heavy atom. The first kappa shape index (κ1) is 8.40. The number of hydrogen-bond acceptors (Lipinski definition) is 3. The third-order valence-corrected chi connectivity index (χ3v) is 1.56. The quantitative estimate of drug-likeness (QED) is 0.546. The van der Waals surface area contributed by atoms with Crippen LogP contribution in [0.3, 0.4) is 0 Å². The lowest BCUT2D eigenvalue weighted by Gasteiger charge is -2.22. The molecule has 0 atom stereocenters. The highest BCUT2D eigenvalue weighted by Gasteiger charge is 2.17. The fourth-order valence-electron chi connectivity index (χ4n) is 0.987. The van der Waals surface area contributed by atoms with E-state index < -0.39 is 6.09 Å². The summed E-state index contributed by atoms with van der Waals surface area (Å²) in [6, 6.07) is 0. The average molecular weight is 167 g/mol. The summed E-state index contributed by atoms with van der Waals surface area (Å²) in [4.78, 5) is 10.6. The van der Waals surface area contributed by atoms with Gasteiger partial charge in [-0.3, -0.25) is 0 Å². The van der Waals surface area contributed by atoms with Crippen LogP contribution in [0.2, 0.25) is 0 Å². The van der Waals surface area contributed by atoms with Crippen LogP contribution in [0.25, 0.3) is 0 Å². The third kappa shape index (κ3) is 1.66. The van der Waals surface area contributed by atoms with Gasteiger partial charge in [0.2, 0.25) is 6.19 Å². The molecule has 64 valence electrons. The van der Waals surface area contributed by atoms with Crippen molar-refractivity contribution in [3.05, 3.63) is 12.3 Å². The molecule has 0 fully saturated rings. The summed E-state index contributed by atoms with van der Waals surface area (Å²) in [5.74, 6) is 0. The monoisotopic (exact) mass is 167 g/mol. The Hall–Kier alpha value is -1.70. The molecule has 0 radical (unpaired) electrons. The van der Waals surface area contributed by atoms with Gasteiger partial charge in [-0.15, -0.1) is 0 Å². The van der Waals surface area contributed by atoms with Crippen molar-refractivity contribution >= 4 is 6.09 Å². The number of carbonyl (C=O) groups is 1. The minimum Gasteiger partial charge on any atom is -0.463 e. The van der Waals surface area contributed by atoms with Crippen LogP contribution in [0.4, 0.5) is 4.79 Å². The number of hydrazine groups is 1. The van der Waals surface area contributed by atoms with Gasteiger partial charge >= 0.3 is 6.09 Å². The molecule has 12 heavy (non-hydrogen) atoms. The second-order valence-corrected chi connectivity index (χ2v) is 2.38. The molecule has 0 aromatic carbocycles. The van der Waals surface area contributed by atoms with Crippen LogP contribution in [-0.4, -0.2) is 27.8 Å². The SMILES string of the molecule is N#CN1CCCC=CN1C(=O)O.